The Morgan fingerprint density at radius 2 is 1.85 bits per heavy atom. The molecule has 3 heterocycles. The van der Waals surface area contributed by atoms with Crippen molar-refractivity contribution in [3.8, 4) is 0 Å². The Kier molecular flexibility index (Phi) is 5.63. The molecule has 5 rings (SSSR count). The molecular formula is C25H38O8. The first-order chi connectivity index (χ1) is 15.4. The molecule has 11 atom stereocenters. The van der Waals surface area contributed by atoms with Crippen LogP contribution >= 0.6 is 0 Å². The average molecular weight is 467 g/mol. The van der Waals surface area contributed by atoms with Gasteiger partial charge in [0.2, 0.25) is 0 Å². The molecule has 33 heavy (non-hydrogen) atoms. The summed E-state index contributed by atoms with van der Waals surface area (Å²) < 4.78 is 17.8. The van der Waals surface area contributed by atoms with Crippen LogP contribution in [-0.4, -0.2) is 70.0 Å². The highest BCUT2D eigenvalue weighted by Crippen LogP contribution is 2.64. The summed E-state index contributed by atoms with van der Waals surface area (Å²) in [6.45, 7) is 7.78. The number of rotatable bonds is 4. The first-order valence-electron chi connectivity index (χ1n) is 12.5. The largest absolute Gasteiger partial charge is 0.388 e. The lowest BCUT2D eigenvalue weighted by molar-refractivity contribution is -0.354. The summed E-state index contributed by atoms with van der Waals surface area (Å²) in [6.07, 6.45) is -1.27. The molecule has 3 saturated heterocycles. The molecule has 8 heteroatoms. The lowest BCUT2D eigenvalue weighted by atomic mass is 9.53. The molecule has 2 unspecified atom stereocenters. The van der Waals surface area contributed by atoms with E-state index in [-0.39, 0.29) is 30.0 Å². The number of aliphatic hydroxyl groups excluding tert-OH is 2. The van der Waals surface area contributed by atoms with E-state index < -0.39 is 59.2 Å². The molecule has 0 radical (unpaired) electrons. The summed E-state index contributed by atoms with van der Waals surface area (Å²) in [5.74, 6) is -0.929. The van der Waals surface area contributed by atoms with Crippen molar-refractivity contribution in [3.63, 3.8) is 0 Å². The Morgan fingerprint density at radius 1 is 1.12 bits per heavy atom. The zero-order valence-corrected chi connectivity index (χ0v) is 20.0. The van der Waals surface area contributed by atoms with E-state index in [9.17, 15) is 24.9 Å². The normalized spacial score (nSPS) is 53.4. The number of ether oxygens (including phenoxy) is 3. The molecule has 0 amide bonds. The molecule has 0 spiro atoms. The predicted octanol–water partition coefficient (Wildman–Crippen LogP) is 1.57. The van der Waals surface area contributed by atoms with Crippen molar-refractivity contribution in [2.75, 3.05) is 6.61 Å². The van der Waals surface area contributed by atoms with Gasteiger partial charge < -0.3 is 29.5 Å². The van der Waals surface area contributed by atoms with E-state index in [1.807, 2.05) is 20.8 Å². The fourth-order valence-electron chi connectivity index (χ4n) is 7.55. The van der Waals surface area contributed by atoms with Crippen molar-refractivity contribution in [1.82, 2.24) is 0 Å². The predicted molar refractivity (Wildman–Crippen MR) is 116 cm³/mol. The highest BCUT2D eigenvalue weighted by Gasteiger charge is 2.74. The van der Waals surface area contributed by atoms with Crippen LogP contribution in [0.1, 0.15) is 66.2 Å². The van der Waals surface area contributed by atoms with E-state index in [0.29, 0.717) is 32.1 Å². The van der Waals surface area contributed by atoms with Crippen LogP contribution in [0.2, 0.25) is 0 Å². The maximum Gasteiger partial charge on any atom is 0.189 e. The van der Waals surface area contributed by atoms with Gasteiger partial charge in [0.15, 0.2) is 12.6 Å². The highest BCUT2D eigenvalue weighted by molar-refractivity contribution is 5.89. The van der Waals surface area contributed by atoms with Crippen molar-refractivity contribution in [2.24, 2.45) is 34.5 Å². The lowest BCUT2D eigenvalue weighted by Gasteiger charge is -2.53. The van der Waals surface area contributed by atoms with Crippen molar-refractivity contribution < 1.29 is 39.1 Å². The number of aliphatic hydroxyl groups is 3. The fraction of sp³-hybridized carbons (Fsp3) is 0.920. The summed E-state index contributed by atoms with van der Waals surface area (Å²) in [5.41, 5.74) is -2.68. The van der Waals surface area contributed by atoms with Crippen LogP contribution in [-0.2, 0) is 23.8 Å². The molecule has 0 aromatic carbocycles. The number of carbonyl (C=O) groups excluding carboxylic acids is 2. The summed E-state index contributed by atoms with van der Waals surface area (Å²) in [4.78, 5) is 26.2. The van der Waals surface area contributed by atoms with Crippen LogP contribution in [0.4, 0.5) is 0 Å². The minimum atomic E-state index is -1.57. The lowest BCUT2D eigenvalue weighted by Crippen LogP contribution is -2.70. The first-order valence-corrected chi connectivity index (χ1v) is 12.5. The topological polar surface area (TPSA) is 123 Å². The number of ketones is 2. The van der Waals surface area contributed by atoms with E-state index >= 15 is 0 Å². The molecule has 0 aromatic rings. The van der Waals surface area contributed by atoms with Crippen LogP contribution in [0.15, 0.2) is 0 Å². The minimum absolute atomic E-state index is 0.0423. The second kappa shape index (κ2) is 7.80. The second-order valence-corrected chi connectivity index (χ2v) is 12.0. The standard InChI is InChI=1S/C25H38O8/c1-12(2)15(26)7-8-23(3)9-10-24(4)14(18(23)28)6-5-13-17-20(24)33-22-25(17,30)19(32-21(13)29)16(27)11-31-22/h12-14,16-17,19-22,27,29-30H,5-11H2,1-4H3/t13-,14+,16+,17+,19-,20?,21-,22-,23+,24+,25?/m0/s1. The summed E-state index contributed by atoms with van der Waals surface area (Å²) in [7, 11) is 0. The second-order valence-electron chi connectivity index (χ2n) is 12.0. The van der Waals surface area contributed by atoms with Gasteiger partial charge in [0.25, 0.3) is 0 Å². The maximum absolute atomic E-state index is 13.9. The number of Topliss-reactive ketones (excluding diaryl/α,β-unsaturated/α-hetero) is 2. The van der Waals surface area contributed by atoms with Crippen LogP contribution in [0.25, 0.3) is 0 Å². The van der Waals surface area contributed by atoms with E-state index in [4.69, 9.17) is 14.2 Å². The van der Waals surface area contributed by atoms with Gasteiger partial charge in [0, 0.05) is 40.9 Å². The summed E-state index contributed by atoms with van der Waals surface area (Å²) >= 11 is 0. The molecule has 3 aliphatic heterocycles. The fourth-order valence-corrected chi connectivity index (χ4v) is 7.55. The van der Waals surface area contributed by atoms with Gasteiger partial charge in [-0.25, -0.2) is 0 Å². The van der Waals surface area contributed by atoms with Gasteiger partial charge in [-0.1, -0.05) is 27.7 Å². The molecule has 5 aliphatic rings. The van der Waals surface area contributed by atoms with Crippen molar-refractivity contribution in [2.45, 2.75) is 103 Å². The molecule has 2 saturated carbocycles. The van der Waals surface area contributed by atoms with Crippen molar-refractivity contribution in [3.05, 3.63) is 0 Å². The Bertz CT molecular complexity index is 829. The Morgan fingerprint density at radius 3 is 2.55 bits per heavy atom. The molecule has 3 N–H and O–H groups in total. The molecule has 0 aromatic heterocycles. The first kappa shape index (κ1) is 23.8. The van der Waals surface area contributed by atoms with E-state index in [1.165, 1.54) is 0 Å². The van der Waals surface area contributed by atoms with Gasteiger partial charge in [0.1, 0.15) is 29.4 Å². The smallest absolute Gasteiger partial charge is 0.189 e. The molecule has 186 valence electrons. The van der Waals surface area contributed by atoms with E-state index in [1.54, 1.807) is 0 Å². The Hall–Kier alpha value is -0.900. The third kappa shape index (κ3) is 3.24. The molecule has 5 fully saturated rings. The van der Waals surface area contributed by atoms with Gasteiger partial charge in [-0.3, -0.25) is 9.59 Å². The van der Waals surface area contributed by atoms with Gasteiger partial charge >= 0.3 is 0 Å². The summed E-state index contributed by atoms with van der Waals surface area (Å²) in [6, 6.07) is 0. The van der Waals surface area contributed by atoms with Crippen molar-refractivity contribution >= 4 is 11.6 Å². The molecule has 2 aliphatic carbocycles. The van der Waals surface area contributed by atoms with Crippen LogP contribution in [0.5, 0.6) is 0 Å². The van der Waals surface area contributed by atoms with E-state index in [2.05, 4.69) is 6.92 Å². The minimum Gasteiger partial charge on any atom is -0.388 e. The van der Waals surface area contributed by atoms with Gasteiger partial charge in [0.05, 0.1) is 12.7 Å². The number of fused-ring (bicyclic) bond motifs is 2. The number of hydrogen-bond donors (Lipinski definition) is 3. The van der Waals surface area contributed by atoms with Gasteiger partial charge in [-0.05, 0) is 32.1 Å². The van der Waals surface area contributed by atoms with Gasteiger partial charge in [-0.15, -0.1) is 0 Å². The average Bonchev–Trinajstić information content (AvgIpc) is 3.00. The molecule has 0 bridgehead atoms. The van der Waals surface area contributed by atoms with Crippen LogP contribution in [0, 0.1) is 34.5 Å². The Balaban J connectivity index is 1.47. The number of carbonyl (C=O) groups is 2. The zero-order chi connectivity index (χ0) is 23.9. The van der Waals surface area contributed by atoms with Crippen molar-refractivity contribution in [1.29, 1.82) is 0 Å². The molecular weight excluding hydrogens is 428 g/mol. The third-order valence-corrected chi connectivity index (χ3v) is 9.77. The van der Waals surface area contributed by atoms with Gasteiger partial charge in [-0.2, -0.15) is 0 Å². The quantitative estimate of drug-likeness (QED) is 0.571. The zero-order valence-electron chi connectivity index (χ0n) is 20.0. The van der Waals surface area contributed by atoms with E-state index in [0.717, 1.165) is 6.42 Å². The molecule has 8 nitrogen and oxygen atoms in total. The third-order valence-electron chi connectivity index (χ3n) is 9.77. The SMILES string of the molecule is CC(C)C(=O)CC[C@]1(C)CC[C@@]2(C)C3O[C@@H]4OC[C@@H](O)[C@@H]5O[C@H](O)[C@@H](CC[C@@H]2C1=O)[C@H]3C45O. The van der Waals surface area contributed by atoms with Crippen LogP contribution in [0.3, 0.4) is 0 Å². The van der Waals surface area contributed by atoms with Crippen LogP contribution < -0.4 is 0 Å². The summed E-state index contributed by atoms with van der Waals surface area (Å²) in [5, 5.41) is 33.1. The highest BCUT2D eigenvalue weighted by atomic mass is 16.7. The monoisotopic (exact) mass is 466 g/mol. The number of hydrogen-bond acceptors (Lipinski definition) is 8. The maximum atomic E-state index is 13.9. The Labute approximate surface area is 195 Å².